The van der Waals surface area contributed by atoms with Gasteiger partial charge in [0.05, 0.1) is 11.0 Å². The van der Waals surface area contributed by atoms with Gasteiger partial charge in [-0.1, -0.05) is 18.2 Å². The number of likely N-dealkylation sites (tertiary alicyclic amines) is 1. The maximum absolute atomic E-state index is 13.5. The van der Waals surface area contributed by atoms with Gasteiger partial charge in [-0.15, -0.1) is 0 Å². The molecule has 0 radical (unpaired) electrons. The van der Waals surface area contributed by atoms with E-state index in [4.69, 9.17) is 0 Å². The van der Waals surface area contributed by atoms with Crippen molar-refractivity contribution in [3.05, 3.63) is 94.7 Å². The molecule has 1 saturated heterocycles. The number of amides is 1. The van der Waals surface area contributed by atoms with Crippen molar-refractivity contribution >= 4 is 27.8 Å². The Labute approximate surface area is 194 Å². The van der Waals surface area contributed by atoms with Crippen LogP contribution in [0.2, 0.25) is 0 Å². The number of rotatable bonds is 3. The molecule has 3 heterocycles. The summed E-state index contributed by atoms with van der Waals surface area (Å²) in [5.74, 6) is -0.297. The predicted molar refractivity (Wildman–Crippen MR) is 130 cm³/mol. The lowest BCUT2D eigenvalue weighted by Crippen LogP contribution is -2.40. The molecule has 3 aromatic carbocycles. The van der Waals surface area contributed by atoms with Crippen LogP contribution in [0.1, 0.15) is 29.2 Å². The normalized spacial score (nSPS) is 14.8. The van der Waals surface area contributed by atoms with E-state index in [0.29, 0.717) is 18.7 Å². The molecule has 0 spiro atoms. The fourth-order valence-corrected chi connectivity index (χ4v) is 5.06. The largest absolute Gasteiger partial charge is 0.355 e. The highest BCUT2D eigenvalue weighted by molar-refractivity contribution is 6.07. The molecule has 2 N–H and O–H groups in total. The first kappa shape index (κ1) is 20.5. The van der Waals surface area contributed by atoms with Gasteiger partial charge in [0.1, 0.15) is 5.82 Å². The maximum Gasteiger partial charge on any atom is 0.326 e. The molecule has 6 rings (SSSR count). The Morgan fingerprint density at radius 3 is 2.41 bits per heavy atom. The first-order valence-electron chi connectivity index (χ1n) is 11.4. The molecular formula is C27H23FN4O2. The maximum atomic E-state index is 13.5. The van der Waals surface area contributed by atoms with Crippen LogP contribution in [-0.2, 0) is 0 Å². The van der Waals surface area contributed by atoms with Crippen LogP contribution in [0.3, 0.4) is 0 Å². The second kappa shape index (κ2) is 8.02. The SMILES string of the molecule is O=C(c1cccc2[nH]c(-c3ccc(F)cc3)cc12)N1CCC(n2c(=O)[nH]c3ccccc32)CC1. The Bertz CT molecular complexity index is 1570. The summed E-state index contributed by atoms with van der Waals surface area (Å²) in [5.41, 5.74) is 4.85. The summed E-state index contributed by atoms with van der Waals surface area (Å²) in [7, 11) is 0. The van der Waals surface area contributed by atoms with Gasteiger partial charge < -0.3 is 14.9 Å². The molecule has 2 aromatic heterocycles. The van der Waals surface area contributed by atoms with Crippen LogP contribution in [0.5, 0.6) is 0 Å². The number of nitrogens with zero attached hydrogens (tertiary/aromatic N) is 2. The number of aromatic amines is 2. The van der Waals surface area contributed by atoms with E-state index in [1.54, 1.807) is 12.1 Å². The van der Waals surface area contributed by atoms with Gasteiger partial charge in [0.2, 0.25) is 0 Å². The van der Waals surface area contributed by atoms with Gasteiger partial charge >= 0.3 is 5.69 Å². The topological polar surface area (TPSA) is 73.9 Å². The fraction of sp³-hybridized carbons (Fsp3) is 0.185. The number of hydrogen-bond donors (Lipinski definition) is 2. The van der Waals surface area contributed by atoms with E-state index in [9.17, 15) is 14.0 Å². The van der Waals surface area contributed by atoms with E-state index in [-0.39, 0.29) is 23.5 Å². The first-order valence-corrected chi connectivity index (χ1v) is 11.4. The summed E-state index contributed by atoms with van der Waals surface area (Å²) in [6.45, 7) is 1.17. The molecule has 1 aliphatic heterocycles. The molecule has 170 valence electrons. The highest BCUT2D eigenvalue weighted by Gasteiger charge is 2.27. The standard InChI is InChI=1S/C27H23FN4O2/c28-18-10-8-17(9-11-18)24-16-21-20(4-3-6-22(21)29-24)26(33)31-14-12-19(13-15-31)32-25-7-2-1-5-23(25)30-27(32)34/h1-11,16,19,29H,12-15H2,(H,30,34). The van der Waals surface area contributed by atoms with Crippen molar-refractivity contribution in [1.29, 1.82) is 0 Å². The number of halogens is 1. The summed E-state index contributed by atoms with van der Waals surface area (Å²) in [5, 5.41) is 0.849. The number of carbonyl (C=O) groups excluding carboxylic acids is 1. The third kappa shape index (κ3) is 3.41. The van der Waals surface area contributed by atoms with Crippen molar-refractivity contribution in [2.45, 2.75) is 18.9 Å². The zero-order chi connectivity index (χ0) is 23.2. The highest BCUT2D eigenvalue weighted by Crippen LogP contribution is 2.30. The van der Waals surface area contributed by atoms with Crippen LogP contribution in [0, 0.1) is 5.82 Å². The van der Waals surface area contributed by atoms with Gasteiger partial charge in [0.25, 0.3) is 5.91 Å². The average molecular weight is 455 g/mol. The summed E-state index contributed by atoms with van der Waals surface area (Å²) >= 11 is 0. The van der Waals surface area contributed by atoms with Gasteiger partial charge in [-0.2, -0.15) is 0 Å². The number of piperidine rings is 1. The monoisotopic (exact) mass is 454 g/mol. The summed E-state index contributed by atoms with van der Waals surface area (Å²) in [6.07, 6.45) is 1.44. The summed E-state index contributed by atoms with van der Waals surface area (Å²) < 4.78 is 15.2. The molecule has 1 fully saturated rings. The average Bonchev–Trinajstić information content (AvgIpc) is 3.44. The zero-order valence-corrected chi connectivity index (χ0v) is 18.4. The molecule has 1 amide bonds. The van der Waals surface area contributed by atoms with E-state index >= 15 is 0 Å². The van der Waals surface area contributed by atoms with Crippen molar-refractivity contribution in [3.8, 4) is 11.3 Å². The third-order valence-electron chi connectivity index (χ3n) is 6.79. The number of nitrogens with one attached hydrogen (secondary N) is 2. The molecule has 7 heteroatoms. The summed E-state index contributed by atoms with van der Waals surface area (Å²) in [4.78, 5) is 34.2. The van der Waals surface area contributed by atoms with Crippen LogP contribution >= 0.6 is 0 Å². The van der Waals surface area contributed by atoms with E-state index < -0.39 is 0 Å². The third-order valence-corrected chi connectivity index (χ3v) is 6.79. The predicted octanol–water partition coefficient (Wildman–Crippen LogP) is 5.09. The molecule has 34 heavy (non-hydrogen) atoms. The minimum Gasteiger partial charge on any atom is -0.355 e. The van der Waals surface area contributed by atoms with Gasteiger partial charge in [-0.3, -0.25) is 9.36 Å². The van der Waals surface area contributed by atoms with E-state index in [1.807, 2.05) is 58.0 Å². The fourth-order valence-electron chi connectivity index (χ4n) is 5.06. The number of imidazole rings is 1. The number of benzene rings is 3. The van der Waals surface area contributed by atoms with Crippen molar-refractivity contribution in [2.24, 2.45) is 0 Å². The van der Waals surface area contributed by atoms with Crippen molar-refractivity contribution in [3.63, 3.8) is 0 Å². The van der Waals surface area contributed by atoms with Gasteiger partial charge in [0.15, 0.2) is 0 Å². The molecule has 0 unspecified atom stereocenters. The van der Waals surface area contributed by atoms with Crippen LogP contribution in [0.15, 0.2) is 77.6 Å². The summed E-state index contributed by atoms with van der Waals surface area (Å²) in [6, 6.07) is 21.7. The van der Waals surface area contributed by atoms with Crippen molar-refractivity contribution in [2.75, 3.05) is 13.1 Å². The molecule has 5 aromatic rings. The Morgan fingerprint density at radius 2 is 1.62 bits per heavy atom. The molecule has 1 aliphatic rings. The number of fused-ring (bicyclic) bond motifs is 2. The minimum absolute atomic E-state index is 0.0139. The van der Waals surface area contributed by atoms with Crippen LogP contribution in [0.25, 0.3) is 33.2 Å². The van der Waals surface area contributed by atoms with Crippen LogP contribution in [0.4, 0.5) is 4.39 Å². The molecule has 0 atom stereocenters. The van der Waals surface area contributed by atoms with Crippen LogP contribution < -0.4 is 5.69 Å². The highest BCUT2D eigenvalue weighted by atomic mass is 19.1. The quantitative estimate of drug-likeness (QED) is 0.398. The lowest BCUT2D eigenvalue weighted by molar-refractivity contribution is 0.0697. The van der Waals surface area contributed by atoms with Crippen LogP contribution in [-0.4, -0.2) is 38.4 Å². The molecule has 0 saturated carbocycles. The van der Waals surface area contributed by atoms with E-state index in [1.165, 1.54) is 12.1 Å². The van der Waals surface area contributed by atoms with Crippen molar-refractivity contribution < 1.29 is 9.18 Å². The van der Waals surface area contributed by atoms with Gasteiger partial charge in [-0.25, -0.2) is 9.18 Å². The second-order valence-electron chi connectivity index (χ2n) is 8.80. The molecular weight excluding hydrogens is 431 g/mol. The van der Waals surface area contributed by atoms with E-state index in [2.05, 4.69) is 9.97 Å². The van der Waals surface area contributed by atoms with Gasteiger partial charge in [0, 0.05) is 41.3 Å². The Kier molecular flexibility index (Phi) is 4.83. The second-order valence-corrected chi connectivity index (χ2v) is 8.80. The smallest absolute Gasteiger partial charge is 0.326 e. The Morgan fingerprint density at radius 1 is 0.882 bits per heavy atom. The van der Waals surface area contributed by atoms with Crippen molar-refractivity contribution in [1.82, 2.24) is 19.4 Å². The number of H-pyrrole nitrogens is 2. The number of aromatic nitrogens is 3. The molecule has 6 nitrogen and oxygen atoms in total. The minimum atomic E-state index is -0.283. The number of carbonyl (C=O) groups is 1. The molecule has 0 bridgehead atoms. The van der Waals surface area contributed by atoms with Gasteiger partial charge in [-0.05, 0) is 73.0 Å². The molecule has 0 aliphatic carbocycles. The first-order chi connectivity index (χ1) is 16.6. The number of hydrogen-bond acceptors (Lipinski definition) is 2. The lowest BCUT2D eigenvalue weighted by Gasteiger charge is -2.32. The Balaban J connectivity index is 1.25. The number of para-hydroxylation sites is 2. The van der Waals surface area contributed by atoms with E-state index in [0.717, 1.165) is 46.0 Å². The zero-order valence-electron chi connectivity index (χ0n) is 18.4. The lowest BCUT2D eigenvalue weighted by atomic mass is 10.0. The Hall–Kier alpha value is -4.13.